The smallest absolute Gasteiger partial charge is 0.251 e. The van der Waals surface area contributed by atoms with Crippen LogP contribution in [0, 0.1) is 0 Å². The van der Waals surface area contributed by atoms with Crippen LogP contribution < -0.4 is 11.2 Å². The van der Waals surface area contributed by atoms with E-state index in [0.717, 1.165) is 32.4 Å². The lowest BCUT2D eigenvalue weighted by Gasteiger charge is -2.28. The zero-order chi connectivity index (χ0) is 13.5. The van der Waals surface area contributed by atoms with Crippen molar-refractivity contribution in [2.24, 2.45) is 5.73 Å². The minimum Gasteiger partial charge on any atom is -0.320 e. The summed E-state index contributed by atoms with van der Waals surface area (Å²) < 4.78 is 0. The average Bonchev–Trinajstić information content (AvgIpc) is 2.47. The lowest BCUT2D eigenvalue weighted by Crippen LogP contribution is -2.51. The van der Waals surface area contributed by atoms with Gasteiger partial charge in [-0.1, -0.05) is 36.8 Å². The predicted octanol–water partition coefficient (Wildman–Crippen LogP) is 1.46. The summed E-state index contributed by atoms with van der Waals surface area (Å²) >= 11 is 0. The third-order valence-corrected chi connectivity index (χ3v) is 3.55. The van der Waals surface area contributed by atoms with Crippen LogP contribution in [0.2, 0.25) is 0 Å². The van der Waals surface area contributed by atoms with Crippen molar-refractivity contribution in [3.05, 3.63) is 35.9 Å². The van der Waals surface area contributed by atoms with Gasteiger partial charge in [0.05, 0.1) is 6.04 Å². The van der Waals surface area contributed by atoms with E-state index in [-0.39, 0.29) is 5.91 Å². The number of piperidine rings is 1. The number of carbonyl (C=O) groups is 1. The van der Waals surface area contributed by atoms with Crippen LogP contribution in [-0.4, -0.2) is 30.0 Å². The molecule has 1 aliphatic heterocycles. The fourth-order valence-corrected chi connectivity index (χ4v) is 2.34. The Bertz CT molecular complexity index is 388. The monoisotopic (exact) mass is 261 g/mol. The van der Waals surface area contributed by atoms with Gasteiger partial charge in [0.15, 0.2) is 0 Å². The lowest BCUT2D eigenvalue weighted by atomic mass is 10.1. The average molecular weight is 261 g/mol. The Kier molecular flexibility index (Phi) is 5.36. The molecule has 1 saturated heterocycles. The normalized spacial score (nSPS) is 17.9. The van der Waals surface area contributed by atoms with E-state index in [1.165, 1.54) is 12.0 Å². The Balaban J connectivity index is 1.72. The molecule has 1 atom stereocenters. The van der Waals surface area contributed by atoms with E-state index in [4.69, 9.17) is 5.73 Å². The highest BCUT2D eigenvalue weighted by Crippen LogP contribution is 2.07. The Labute approximate surface area is 114 Å². The summed E-state index contributed by atoms with van der Waals surface area (Å²) in [7, 11) is 0. The summed E-state index contributed by atoms with van der Waals surface area (Å²) in [5, 5.41) is 1.99. The molecule has 2 rings (SSSR count). The number of hydrogen-bond donors (Lipinski definition) is 2. The molecule has 1 fully saturated rings. The van der Waals surface area contributed by atoms with E-state index >= 15 is 0 Å². The quantitative estimate of drug-likeness (QED) is 0.843. The zero-order valence-corrected chi connectivity index (χ0v) is 11.3. The van der Waals surface area contributed by atoms with Crippen molar-refractivity contribution < 1.29 is 4.79 Å². The van der Waals surface area contributed by atoms with E-state index in [1.807, 2.05) is 23.2 Å². The molecule has 0 saturated carbocycles. The summed E-state index contributed by atoms with van der Waals surface area (Å²) in [6.45, 7) is 1.88. The van der Waals surface area contributed by atoms with E-state index in [9.17, 15) is 4.79 Å². The highest BCUT2D eigenvalue weighted by atomic mass is 16.2. The highest BCUT2D eigenvalue weighted by molar-refractivity contribution is 5.80. The fraction of sp³-hybridized carbons (Fsp3) is 0.533. The molecule has 4 heteroatoms. The van der Waals surface area contributed by atoms with Crippen LogP contribution in [0.25, 0.3) is 0 Å². The van der Waals surface area contributed by atoms with Gasteiger partial charge in [-0.25, -0.2) is 5.01 Å². The minimum atomic E-state index is -0.429. The first kappa shape index (κ1) is 14.0. The Morgan fingerprint density at radius 3 is 2.58 bits per heavy atom. The van der Waals surface area contributed by atoms with Crippen molar-refractivity contribution in [1.82, 2.24) is 10.4 Å². The number of hydrogen-bond acceptors (Lipinski definition) is 3. The van der Waals surface area contributed by atoms with Gasteiger partial charge in [-0.3, -0.25) is 10.2 Å². The molecular formula is C15H23N3O. The number of hydrazine groups is 1. The first-order valence-electron chi connectivity index (χ1n) is 7.10. The Morgan fingerprint density at radius 2 is 1.89 bits per heavy atom. The topological polar surface area (TPSA) is 58.4 Å². The molecule has 1 aliphatic rings. The van der Waals surface area contributed by atoms with Gasteiger partial charge in [0, 0.05) is 13.1 Å². The first-order chi connectivity index (χ1) is 9.25. The molecule has 1 amide bonds. The van der Waals surface area contributed by atoms with Gasteiger partial charge in [0.1, 0.15) is 0 Å². The fourth-order valence-electron chi connectivity index (χ4n) is 2.34. The van der Waals surface area contributed by atoms with Crippen LogP contribution in [0.3, 0.4) is 0 Å². The molecule has 4 nitrogen and oxygen atoms in total. The van der Waals surface area contributed by atoms with Gasteiger partial charge >= 0.3 is 0 Å². The number of nitrogens with one attached hydrogen (secondary N) is 1. The second kappa shape index (κ2) is 7.26. The second-order valence-corrected chi connectivity index (χ2v) is 5.15. The van der Waals surface area contributed by atoms with Gasteiger partial charge in [-0.15, -0.1) is 0 Å². The number of aryl methyl sites for hydroxylation is 1. The minimum absolute atomic E-state index is 0.0576. The largest absolute Gasteiger partial charge is 0.320 e. The standard InChI is InChI=1S/C15H23N3O/c16-14(10-9-13-7-3-1-4-8-13)15(19)17-18-11-5-2-6-12-18/h1,3-4,7-8,14H,2,5-6,9-12,16H2,(H,17,19). The van der Waals surface area contributed by atoms with Crippen LogP contribution >= 0.6 is 0 Å². The van der Waals surface area contributed by atoms with Crippen LogP contribution in [0.5, 0.6) is 0 Å². The van der Waals surface area contributed by atoms with Gasteiger partial charge in [0.25, 0.3) is 5.91 Å². The van der Waals surface area contributed by atoms with Crippen molar-refractivity contribution in [3.8, 4) is 0 Å². The van der Waals surface area contributed by atoms with Gasteiger partial charge < -0.3 is 5.73 Å². The maximum atomic E-state index is 12.0. The first-order valence-corrected chi connectivity index (χ1v) is 7.10. The maximum absolute atomic E-state index is 12.0. The number of amides is 1. The van der Waals surface area contributed by atoms with Crippen LogP contribution in [0.4, 0.5) is 0 Å². The Hall–Kier alpha value is -1.39. The predicted molar refractivity (Wildman–Crippen MR) is 76.3 cm³/mol. The third kappa shape index (κ3) is 4.65. The summed E-state index contributed by atoms with van der Waals surface area (Å²) in [5.74, 6) is -0.0576. The number of nitrogens with zero attached hydrogens (tertiary/aromatic N) is 1. The van der Waals surface area contributed by atoms with Gasteiger partial charge in [0.2, 0.25) is 0 Å². The van der Waals surface area contributed by atoms with Crippen molar-refractivity contribution >= 4 is 5.91 Å². The lowest BCUT2D eigenvalue weighted by molar-refractivity contribution is -0.127. The molecule has 1 aromatic rings. The molecule has 0 spiro atoms. The molecule has 1 heterocycles. The van der Waals surface area contributed by atoms with E-state index < -0.39 is 6.04 Å². The maximum Gasteiger partial charge on any atom is 0.251 e. The second-order valence-electron chi connectivity index (χ2n) is 5.15. The molecular weight excluding hydrogens is 238 g/mol. The van der Waals surface area contributed by atoms with Crippen molar-refractivity contribution in [2.75, 3.05) is 13.1 Å². The number of benzene rings is 1. The molecule has 3 N–H and O–H groups in total. The molecule has 1 unspecified atom stereocenters. The molecule has 1 aromatic carbocycles. The number of carbonyl (C=O) groups excluding carboxylic acids is 1. The number of rotatable bonds is 5. The zero-order valence-electron chi connectivity index (χ0n) is 11.3. The molecule has 104 valence electrons. The van der Waals surface area contributed by atoms with E-state index in [0.29, 0.717) is 6.42 Å². The summed E-state index contributed by atoms with van der Waals surface area (Å²) in [5.41, 5.74) is 10.1. The van der Waals surface area contributed by atoms with Crippen LogP contribution in [0.1, 0.15) is 31.2 Å². The molecule has 0 aliphatic carbocycles. The SMILES string of the molecule is NC(CCc1ccccc1)C(=O)NN1CCCCC1. The van der Waals surface area contributed by atoms with Crippen molar-refractivity contribution in [3.63, 3.8) is 0 Å². The molecule has 0 aromatic heterocycles. The Morgan fingerprint density at radius 1 is 1.21 bits per heavy atom. The number of nitrogens with two attached hydrogens (primary N) is 1. The molecule has 0 bridgehead atoms. The van der Waals surface area contributed by atoms with Crippen molar-refractivity contribution in [2.45, 2.75) is 38.1 Å². The summed E-state index contributed by atoms with van der Waals surface area (Å²) in [6.07, 6.45) is 5.09. The molecule has 19 heavy (non-hydrogen) atoms. The van der Waals surface area contributed by atoms with Crippen LogP contribution in [-0.2, 0) is 11.2 Å². The van der Waals surface area contributed by atoms with E-state index in [1.54, 1.807) is 0 Å². The third-order valence-electron chi connectivity index (χ3n) is 3.55. The van der Waals surface area contributed by atoms with Crippen molar-refractivity contribution in [1.29, 1.82) is 0 Å². The highest BCUT2D eigenvalue weighted by Gasteiger charge is 2.17. The summed E-state index contributed by atoms with van der Waals surface area (Å²) in [6, 6.07) is 9.71. The van der Waals surface area contributed by atoms with E-state index in [2.05, 4.69) is 17.6 Å². The van der Waals surface area contributed by atoms with Gasteiger partial charge in [-0.05, 0) is 31.2 Å². The van der Waals surface area contributed by atoms with Gasteiger partial charge in [-0.2, -0.15) is 0 Å². The molecule has 0 radical (unpaired) electrons. The van der Waals surface area contributed by atoms with Crippen LogP contribution in [0.15, 0.2) is 30.3 Å². The summed E-state index contributed by atoms with van der Waals surface area (Å²) in [4.78, 5) is 12.0.